The van der Waals surface area contributed by atoms with E-state index in [1.165, 1.54) is 0 Å². The summed E-state index contributed by atoms with van der Waals surface area (Å²) in [5, 5.41) is 16.9. The standard InChI is InChI=1S/C8H13N3/c1-3-8(2)11(7-10)6-4-5-9/h8H,3-4,6H2,1-2H3. The van der Waals surface area contributed by atoms with Gasteiger partial charge in [-0.15, -0.1) is 0 Å². The summed E-state index contributed by atoms with van der Waals surface area (Å²) in [7, 11) is 0. The Morgan fingerprint density at radius 1 is 1.45 bits per heavy atom. The normalized spacial score (nSPS) is 11.3. The maximum atomic E-state index is 8.62. The van der Waals surface area contributed by atoms with Crippen LogP contribution >= 0.6 is 0 Å². The zero-order valence-electron chi connectivity index (χ0n) is 7.04. The zero-order valence-corrected chi connectivity index (χ0v) is 7.04. The highest BCUT2D eigenvalue weighted by Crippen LogP contribution is 2.01. The van der Waals surface area contributed by atoms with Gasteiger partial charge in [-0.1, -0.05) is 6.92 Å². The van der Waals surface area contributed by atoms with Crippen molar-refractivity contribution < 1.29 is 0 Å². The molecule has 0 fully saturated rings. The molecule has 0 heterocycles. The van der Waals surface area contributed by atoms with E-state index >= 15 is 0 Å². The quantitative estimate of drug-likeness (QED) is 0.451. The number of rotatable bonds is 4. The van der Waals surface area contributed by atoms with E-state index in [9.17, 15) is 0 Å². The van der Waals surface area contributed by atoms with Gasteiger partial charge < -0.3 is 4.90 Å². The molecule has 11 heavy (non-hydrogen) atoms. The minimum Gasteiger partial charge on any atom is -0.307 e. The molecule has 0 aliphatic carbocycles. The first kappa shape index (κ1) is 9.78. The largest absolute Gasteiger partial charge is 0.307 e. The van der Waals surface area contributed by atoms with E-state index in [0.717, 1.165) is 6.42 Å². The van der Waals surface area contributed by atoms with Crippen molar-refractivity contribution in [1.82, 2.24) is 4.90 Å². The third-order valence-corrected chi connectivity index (χ3v) is 1.72. The van der Waals surface area contributed by atoms with Gasteiger partial charge in [0.05, 0.1) is 12.5 Å². The second-order valence-corrected chi connectivity index (χ2v) is 2.46. The Bertz CT molecular complexity index is 175. The number of nitrogens with zero attached hydrogens (tertiary/aromatic N) is 3. The molecule has 3 nitrogen and oxygen atoms in total. The summed E-state index contributed by atoms with van der Waals surface area (Å²) < 4.78 is 0. The number of nitriles is 2. The van der Waals surface area contributed by atoms with E-state index in [1.807, 2.05) is 19.9 Å². The molecule has 0 N–H and O–H groups in total. The summed E-state index contributed by atoms with van der Waals surface area (Å²) in [5.74, 6) is 0. The monoisotopic (exact) mass is 151 g/mol. The topological polar surface area (TPSA) is 50.8 Å². The molecule has 0 aromatic carbocycles. The molecule has 0 aromatic heterocycles. The van der Waals surface area contributed by atoms with Gasteiger partial charge in [0.25, 0.3) is 0 Å². The maximum absolute atomic E-state index is 8.62. The van der Waals surface area contributed by atoms with Gasteiger partial charge in [-0.2, -0.15) is 10.5 Å². The van der Waals surface area contributed by atoms with Crippen LogP contribution in [0.1, 0.15) is 26.7 Å². The third kappa shape index (κ3) is 3.47. The molecule has 0 radical (unpaired) electrons. The molecule has 0 aromatic rings. The molecule has 0 aliphatic rings. The van der Waals surface area contributed by atoms with E-state index in [-0.39, 0.29) is 6.04 Å². The van der Waals surface area contributed by atoms with E-state index in [1.54, 1.807) is 4.90 Å². The van der Waals surface area contributed by atoms with Gasteiger partial charge in [0.15, 0.2) is 6.19 Å². The van der Waals surface area contributed by atoms with Crippen LogP contribution in [0, 0.1) is 22.8 Å². The first-order valence-corrected chi connectivity index (χ1v) is 3.79. The van der Waals surface area contributed by atoms with Crippen LogP contribution in [0.2, 0.25) is 0 Å². The molecule has 0 amide bonds. The maximum Gasteiger partial charge on any atom is 0.179 e. The summed E-state index contributed by atoms with van der Waals surface area (Å²) >= 11 is 0. The fraction of sp³-hybridized carbons (Fsp3) is 0.750. The van der Waals surface area contributed by atoms with Crippen molar-refractivity contribution in [2.75, 3.05) is 6.54 Å². The van der Waals surface area contributed by atoms with Gasteiger partial charge in [0.1, 0.15) is 0 Å². The van der Waals surface area contributed by atoms with Gasteiger partial charge >= 0.3 is 0 Å². The van der Waals surface area contributed by atoms with Crippen molar-refractivity contribution >= 4 is 0 Å². The molecule has 1 unspecified atom stereocenters. The molecule has 0 spiro atoms. The molecule has 3 heteroatoms. The lowest BCUT2D eigenvalue weighted by molar-refractivity contribution is 0.306. The van der Waals surface area contributed by atoms with Gasteiger partial charge in [-0.05, 0) is 13.3 Å². The predicted molar refractivity (Wildman–Crippen MR) is 42.3 cm³/mol. The lowest BCUT2D eigenvalue weighted by atomic mass is 10.2. The van der Waals surface area contributed by atoms with E-state index in [2.05, 4.69) is 6.19 Å². The van der Waals surface area contributed by atoms with Crippen LogP contribution in [0.15, 0.2) is 0 Å². The van der Waals surface area contributed by atoms with Gasteiger partial charge in [0, 0.05) is 12.6 Å². The van der Waals surface area contributed by atoms with Crippen LogP contribution < -0.4 is 0 Å². The van der Waals surface area contributed by atoms with Crippen molar-refractivity contribution in [2.24, 2.45) is 0 Å². The Morgan fingerprint density at radius 2 is 2.09 bits per heavy atom. The fourth-order valence-corrected chi connectivity index (χ4v) is 0.760. The summed E-state index contributed by atoms with van der Waals surface area (Å²) in [6.45, 7) is 4.57. The van der Waals surface area contributed by atoms with Crippen LogP contribution in [0.5, 0.6) is 0 Å². The SMILES string of the molecule is CCC(C)N(C#N)CCC#N. The molecule has 60 valence electrons. The van der Waals surface area contributed by atoms with Crippen molar-refractivity contribution in [3.8, 4) is 12.3 Å². The molecular weight excluding hydrogens is 138 g/mol. The average molecular weight is 151 g/mol. The van der Waals surface area contributed by atoms with Gasteiger partial charge in [0.2, 0.25) is 0 Å². The minimum absolute atomic E-state index is 0.258. The molecule has 0 rings (SSSR count). The highest BCUT2D eigenvalue weighted by Gasteiger charge is 2.07. The van der Waals surface area contributed by atoms with E-state index in [4.69, 9.17) is 10.5 Å². The molecular formula is C8H13N3. The molecule has 0 aliphatic heterocycles. The second kappa shape index (κ2) is 5.56. The third-order valence-electron chi connectivity index (χ3n) is 1.72. The van der Waals surface area contributed by atoms with Crippen molar-refractivity contribution in [2.45, 2.75) is 32.7 Å². The Balaban J connectivity index is 3.79. The number of hydrogen-bond acceptors (Lipinski definition) is 3. The summed E-state index contributed by atoms with van der Waals surface area (Å²) in [5.41, 5.74) is 0. The van der Waals surface area contributed by atoms with Crippen LogP contribution in [-0.4, -0.2) is 17.5 Å². The van der Waals surface area contributed by atoms with E-state index in [0.29, 0.717) is 13.0 Å². The Morgan fingerprint density at radius 3 is 2.45 bits per heavy atom. The Hall–Kier alpha value is -1.22. The molecule has 0 saturated heterocycles. The van der Waals surface area contributed by atoms with Gasteiger partial charge in [-0.25, -0.2) is 0 Å². The van der Waals surface area contributed by atoms with Crippen LogP contribution in [0.4, 0.5) is 0 Å². The first-order chi connectivity index (χ1) is 5.26. The minimum atomic E-state index is 0.258. The lowest BCUT2D eigenvalue weighted by Crippen LogP contribution is -2.28. The van der Waals surface area contributed by atoms with Crippen LogP contribution in [-0.2, 0) is 0 Å². The van der Waals surface area contributed by atoms with Crippen molar-refractivity contribution in [1.29, 1.82) is 10.5 Å². The second-order valence-electron chi connectivity index (χ2n) is 2.46. The van der Waals surface area contributed by atoms with Crippen LogP contribution in [0.25, 0.3) is 0 Å². The predicted octanol–water partition coefficient (Wildman–Crippen LogP) is 1.48. The fourth-order valence-electron chi connectivity index (χ4n) is 0.760. The first-order valence-electron chi connectivity index (χ1n) is 3.79. The summed E-state index contributed by atoms with van der Waals surface area (Å²) in [6.07, 6.45) is 3.44. The summed E-state index contributed by atoms with van der Waals surface area (Å²) in [6, 6.07) is 2.28. The van der Waals surface area contributed by atoms with Gasteiger partial charge in [-0.3, -0.25) is 0 Å². The average Bonchev–Trinajstić information content (AvgIpc) is 2.05. The lowest BCUT2D eigenvalue weighted by Gasteiger charge is -2.20. The highest BCUT2D eigenvalue weighted by molar-refractivity contribution is 4.82. The highest BCUT2D eigenvalue weighted by atomic mass is 15.1. The molecule has 0 saturated carbocycles. The van der Waals surface area contributed by atoms with E-state index < -0.39 is 0 Å². The van der Waals surface area contributed by atoms with Crippen molar-refractivity contribution in [3.05, 3.63) is 0 Å². The molecule has 1 atom stereocenters. The Kier molecular flexibility index (Phi) is 4.94. The molecule has 0 bridgehead atoms. The number of hydrogen-bond donors (Lipinski definition) is 0. The van der Waals surface area contributed by atoms with Crippen LogP contribution in [0.3, 0.4) is 0 Å². The smallest absolute Gasteiger partial charge is 0.179 e. The zero-order chi connectivity index (χ0) is 8.69. The van der Waals surface area contributed by atoms with Crippen molar-refractivity contribution in [3.63, 3.8) is 0 Å². The summed E-state index contributed by atoms with van der Waals surface area (Å²) in [4.78, 5) is 1.64. The Labute approximate surface area is 67.8 Å².